The molecular weight excluding hydrogens is 286 g/mol. The molecule has 21 heavy (non-hydrogen) atoms. The number of aromatic nitrogens is 1. The first kappa shape index (κ1) is 15.3. The second-order valence-electron chi connectivity index (χ2n) is 4.73. The third-order valence-electron chi connectivity index (χ3n) is 2.65. The molecule has 6 nitrogen and oxygen atoms in total. The van der Waals surface area contributed by atoms with Crippen molar-refractivity contribution in [2.75, 3.05) is 27.2 Å². The number of rotatable bonds is 6. The maximum atomic E-state index is 5.72. The van der Waals surface area contributed by atoms with E-state index in [2.05, 4.69) is 14.9 Å². The van der Waals surface area contributed by atoms with Crippen LogP contribution in [0.3, 0.4) is 0 Å². The predicted molar refractivity (Wildman–Crippen MR) is 87.1 cm³/mol. The highest BCUT2D eigenvalue weighted by molar-refractivity contribution is 7.13. The van der Waals surface area contributed by atoms with Gasteiger partial charge >= 0.3 is 0 Å². The first-order valence-electron chi connectivity index (χ1n) is 6.48. The van der Waals surface area contributed by atoms with E-state index in [-0.39, 0.29) is 5.96 Å². The molecule has 112 valence electrons. The number of benzene rings is 1. The molecule has 1 aromatic carbocycles. The van der Waals surface area contributed by atoms with Gasteiger partial charge in [0.15, 0.2) is 5.96 Å². The van der Waals surface area contributed by atoms with Crippen LogP contribution < -0.4 is 16.2 Å². The molecule has 0 radical (unpaired) electrons. The van der Waals surface area contributed by atoms with Gasteiger partial charge in [0, 0.05) is 17.5 Å². The number of likely N-dealkylation sites (N-methyl/N-ethyl adjacent to an activating group) is 1. The largest absolute Gasteiger partial charge is 0.492 e. The number of thiazole rings is 1. The number of hydrogen-bond donors (Lipinski definition) is 2. The Morgan fingerprint density at radius 2 is 2.19 bits per heavy atom. The van der Waals surface area contributed by atoms with E-state index in [1.807, 2.05) is 43.7 Å². The summed E-state index contributed by atoms with van der Waals surface area (Å²) in [5, 5.41) is 2.46. The normalized spacial score (nSPS) is 10.6. The molecule has 0 amide bonds. The van der Waals surface area contributed by atoms with Gasteiger partial charge in [-0.05, 0) is 26.2 Å². The number of hydrogen-bond acceptors (Lipinski definition) is 5. The maximum absolute atomic E-state index is 5.72. The second-order valence-corrected chi connectivity index (χ2v) is 5.57. The Labute approximate surface area is 128 Å². The average molecular weight is 305 g/mol. The number of nitrogens with zero attached hydrogens (tertiary/aromatic N) is 3. The third-order valence-corrected chi connectivity index (χ3v) is 3.39. The standard InChI is InChI=1S/C14H19N5OS/c1-19(2)6-7-20-11-5-3-4-10(8-11)12-9-21-14(17-12)18-13(15)16/h3-5,8-9H,6-7H2,1-2H3,(H4,15,16,17,18). The summed E-state index contributed by atoms with van der Waals surface area (Å²) in [4.78, 5) is 10.4. The molecule has 0 unspecified atom stereocenters. The van der Waals surface area contributed by atoms with Crippen molar-refractivity contribution in [2.24, 2.45) is 16.5 Å². The molecule has 0 bridgehead atoms. The van der Waals surface area contributed by atoms with Crippen molar-refractivity contribution in [2.45, 2.75) is 0 Å². The van der Waals surface area contributed by atoms with E-state index in [9.17, 15) is 0 Å². The van der Waals surface area contributed by atoms with Gasteiger partial charge in [-0.15, -0.1) is 11.3 Å². The van der Waals surface area contributed by atoms with E-state index < -0.39 is 0 Å². The monoisotopic (exact) mass is 305 g/mol. The SMILES string of the molecule is CN(C)CCOc1cccc(-c2csc(N=C(N)N)n2)c1. The van der Waals surface area contributed by atoms with Gasteiger partial charge in [-0.2, -0.15) is 4.99 Å². The molecule has 0 spiro atoms. The van der Waals surface area contributed by atoms with Crippen LogP contribution >= 0.6 is 11.3 Å². The van der Waals surface area contributed by atoms with E-state index in [4.69, 9.17) is 16.2 Å². The summed E-state index contributed by atoms with van der Waals surface area (Å²) in [5.74, 6) is 0.836. The summed E-state index contributed by atoms with van der Waals surface area (Å²) in [6, 6.07) is 7.82. The molecule has 4 N–H and O–H groups in total. The zero-order valence-electron chi connectivity index (χ0n) is 12.1. The van der Waals surface area contributed by atoms with Crippen LogP contribution in [0.25, 0.3) is 11.3 Å². The van der Waals surface area contributed by atoms with E-state index in [1.165, 1.54) is 11.3 Å². The molecule has 1 aromatic heterocycles. The van der Waals surface area contributed by atoms with Crippen LogP contribution in [0.2, 0.25) is 0 Å². The Morgan fingerprint density at radius 3 is 2.90 bits per heavy atom. The van der Waals surface area contributed by atoms with Crippen LogP contribution in [0.4, 0.5) is 5.13 Å². The molecule has 0 saturated heterocycles. The van der Waals surface area contributed by atoms with Gasteiger partial charge in [-0.25, -0.2) is 4.98 Å². The van der Waals surface area contributed by atoms with Gasteiger partial charge in [0.1, 0.15) is 12.4 Å². The summed E-state index contributed by atoms with van der Waals surface area (Å²) in [6.45, 7) is 1.52. The average Bonchev–Trinajstić information content (AvgIpc) is 2.86. The van der Waals surface area contributed by atoms with Gasteiger partial charge in [0.25, 0.3) is 0 Å². The van der Waals surface area contributed by atoms with E-state index in [0.717, 1.165) is 23.6 Å². The minimum atomic E-state index is 0.0108. The predicted octanol–water partition coefficient (Wildman–Crippen LogP) is 1.66. The highest BCUT2D eigenvalue weighted by Crippen LogP contribution is 2.28. The molecule has 0 aliphatic carbocycles. The Bertz CT molecular complexity index is 619. The molecule has 0 saturated carbocycles. The summed E-state index contributed by atoms with van der Waals surface area (Å²) in [5.41, 5.74) is 12.5. The van der Waals surface area contributed by atoms with Crippen molar-refractivity contribution in [1.82, 2.24) is 9.88 Å². The van der Waals surface area contributed by atoms with Gasteiger partial charge in [-0.3, -0.25) is 0 Å². The zero-order chi connectivity index (χ0) is 15.2. The van der Waals surface area contributed by atoms with Crippen molar-refractivity contribution < 1.29 is 4.74 Å². The van der Waals surface area contributed by atoms with Crippen molar-refractivity contribution in [3.63, 3.8) is 0 Å². The maximum Gasteiger partial charge on any atom is 0.212 e. The van der Waals surface area contributed by atoms with Crippen LogP contribution in [-0.2, 0) is 0 Å². The Hall–Kier alpha value is -2.12. The van der Waals surface area contributed by atoms with Crippen molar-refractivity contribution in [3.8, 4) is 17.0 Å². The fourth-order valence-corrected chi connectivity index (χ4v) is 2.36. The minimum Gasteiger partial charge on any atom is -0.492 e. The highest BCUT2D eigenvalue weighted by Gasteiger charge is 2.05. The lowest BCUT2D eigenvalue weighted by molar-refractivity contribution is 0.261. The Kier molecular flexibility index (Phi) is 5.13. The van der Waals surface area contributed by atoms with Crippen LogP contribution in [0.15, 0.2) is 34.6 Å². The molecule has 0 aliphatic heterocycles. The van der Waals surface area contributed by atoms with Crippen molar-refractivity contribution in [1.29, 1.82) is 0 Å². The van der Waals surface area contributed by atoms with Crippen molar-refractivity contribution >= 4 is 22.4 Å². The number of guanidine groups is 1. The van der Waals surface area contributed by atoms with Crippen LogP contribution in [0.5, 0.6) is 5.75 Å². The van der Waals surface area contributed by atoms with E-state index >= 15 is 0 Å². The molecule has 2 rings (SSSR count). The van der Waals surface area contributed by atoms with Crippen LogP contribution in [0, 0.1) is 0 Å². The van der Waals surface area contributed by atoms with E-state index in [0.29, 0.717) is 11.7 Å². The van der Waals surface area contributed by atoms with E-state index in [1.54, 1.807) is 0 Å². The summed E-state index contributed by atoms with van der Waals surface area (Å²) < 4.78 is 5.72. The Balaban J connectivity index is 2.09. The van der Waals surface area contributed by atoms with Crippen LogP contribution in [0.1, 0.15) is 0 Å². The molecule has 0 atom stereocenters. The van der Waals surface area contributed by atoms with Gasteiger partial charge in [0.2, 0.25) is 5.13 Å². The lowest BCUT2D eigenvalue weighted by Gasteiger charge is -2.11. The van der Waals surface area contributed by atoms with Crippen LogP contribution in [-0.4, -0.2) is 43.1 Å². The van der Waals surface area contributed by atoms with Gasteiger partial charge in [0.05, 0.1) is 5.69 Å². The minimum absolute atomic E-state index is 0.0108. The quantitative estimate of drug-likeness (QED) is 0.625. The first-order valence-corrected chi connectivity index (χ1v) is 7.35. The topological polar surface area (TPSA) is 89.8 Å². The third kappa shape index (κ3) is 4.73. The number of nitrogens with two attached hydrogens (primary N) is 2. The van der Waals surface area contributed by atoms with Gasteiger partial charge < -0.3 is 21.1 Å². The summed E-state index contributed by atoms with van der Waals surface area (Å²) in [7, 11) is 4.03. The second kappa shape index (κ2) is 7.05. The molecule has 0 fully saturated rings. The van der Waals surface area contributed by atoms with Gasteiger partial charge in [-0.1, -0.05) is 12.1 Å². The smallest absolute Gasteiger partial charge is 0.212 e. The molecular formula is C14H19N5OS. The lowest BCUT2D eigenvalue weighted by Crippen LogP contribution is -2.21. The zero-order valence-corrected chi connectivity index (χ0v) is 12.9. The highest BCUT2D eigenvalue weighted by atomic mass is 32.1. The first-order chi connectivity index (χ1) is 10.0. The molecule has 7 heteroatoms. The number of ether oxygens (including phenoxy) is 1. The molecule has 2 aromatic rings. The fourth-order valence-electron chi connectivity index (χ4n) is 1.65. The Morgan fingerprint density at radius 1 is 1.38 bits per heavy atom. The molecule has 1 heterocycles. The number of aliphatic imine (C=N–C) groups is 1. The summed E-state index contributed by atoms with van der Waals surface area (Å²) in [6.07, 6.45) is 0. The fraction of sp³-hybridized carbons (Fsp3) is 0.286. The lowest BCUT2D eigenvalue weighted by atomic mass is 10.2. The summed E-state index contributed by atoms with van der Waals surface area (Å²) >= 11 is 1.39. The molecule has 0 aliphatic rings. The van der Waals surface area contributed by atoms with Crippen molar-refractivity contribution in [3.05, 3.63) is 29.6 Å².